The average Bonchev–Trinajstić information content (AvgIpc) is 2.95. The molecule has 0 aromatic carbocycles. The summed E-state index contributed by atoms with van der Waals surface area (Å²) in [5.41, 5.74) is 3.34. The van der Waals surface area contributed by atoms with Crippen LogP contribution in [-0.4, -0.2) is 22.6 Å². The molecular weight excluding hydrogens is 214 g/mol. The number of nitrogens with one attached hydrogen (secondary N) is 2. The minimum Gasteiger partial charge on any atom is -0.314 e. The first-order valence-corrected chi connectivity index (χ1v) is 6.67. The van der Waals surface area contributed by atoms with Gasteiger partial charge in [0.25, 0.3) is 0 Å². The van der Waals surface area contributed by atoms with E-state index in [0.29, 0.717) is 6.04 Å². The van der Waals surface area contributed by atoms with Gasteiger partial charge >= 0.3 is 5.69 Å². The maximum atomic E-state index is 11.5. The van der Waals surface area contributed by atoms with Crippen LogP contribution >= 0.6 is 0 Å². The minimum absolute atomic E-state index is 0.167. The Morgan fingerprint density at radius 3 is 3.06 bits per heavy atom. The third-order valence-electron chi connectivity index (χ3n) is 3.95. The fourth-order valence-electron chi connectivity index (χ4n) is 3.07. The third-order valence-corrected chi connectivity index (χ3v) is 3.95. The number of hydrogen-bond acceptors (Lipinski definition) is 3. The van der Waals surface area contributed by atoms with Gasteiger partial charge in [-0.25, -0.2) is 4.79 Å². The molecule has 4 nitrogen and oxygen atoms in total. The van der Waals surface area contributed by atoms with E-state index in [0.717, 1.165) is 50.0 Å². The van der Waals surface area contributed by atoms with E-state index in [-0.39, 0.29) is 5.69 Å². The summed E-state index contributed by atoms with van der Waals surface area (Å²) in [6, 6.07) is 0.633. The van der Waals surface area contributed by atoms with Gasteiger partial charge in [0.05, 0.1) is 5.69 Å². The SMILES string of the molecule is O=c1nc(CCC2CCCN2)c2c([nH]1)CCC2. The minimum atomic E-state index is -0.167. The number of aryl methyl sites for hydroxylation is 2. The van der Waals surface area contributed by atoms with E-state index < -0.39 is 0 Å². The molecule has 1 aliphatic carbocycles. The van der Waals surface area contributed by atoms with Crippen molar-refractivity contribution in [2.45, 2.75) is 51.0 Å². The molecule has 92 valence electrons. The topological polar surface area (TPSA) is 57.8 Å². The molecular formula is C13H19N3O. The van der Waals surface area contributed by atoms with Gasteiger partial charge in [0.2, 0.25) is 0 Å². The molecule has 1 fully saturated rings. The van der Waals surface area contributed by atoms with Crippen LogP contribution < -0.4 is 11.0 Å². The Bertz CT molecular complexity index is 460. The highest BCUT2D eigenvalue weighted by atomic mass is 16.1. The molecule has 1 unspecified atom stereocenters. The van der Waals surface area contributed by atoms with Crippen molar-refractivity contribution in [1.82, 2.24) is 15.3 Å². The zero-order valence-corrected chi connectivity index (χ0v) is 10.1. The van der Waals surface area contributed by atoms with Crippen molar-refractivity contribution >= 4 is 0 Å². The zero-order valence-electron chi connectivity index (χ0n) is 10.1. The molecule has 4 heteroatoms. The number of fused-ring (bicyclic) bond motifs is 1. The van der Waals surface area contributed by atoms with Gasteiger partial charge in [0.1, 0.15) is 0 Å². The monoisotopic (exact) mass is 233 g/mol. The van der Waals surface area contributed by atoms with Crippen molar-refractivity contribution in [3.05, 3.63) is 27.4 Å². The first-order valence-electron chi connectivity index (χ1n) is 6.67. The lowest BCUT2D eigenvalue weighted by molar-refractivity contribution is 0.553. The highest BCUT2D eigenvalue weighted by molar-refractivity contribution is 5.29. The lowest BCUT2D eigenvalue weighted by atomic mass is 10.0. The summed E-state index contributed by atoms with van der Waals surface area (Å²) in [6.45, 7) is 1.14. The maximum Gasteiger partial charge on any atom is 0.345 e. The predicted octanol–water partition coefficient (Wildman–Crippen LogP) is 0.943. The highest BCUT2D eigenvalue weighted by Crippen LogP contribution is 2.22. The van der Waals surface area contributed by atoms with E-state index in [1.54, 1.807) is 0 Å². The Kier molecular flexibility index (Phi) is 2.97. The molecule has 0 spiro atoms. The Morgan fingerprint density at radius 1 is 1.29 bits per heavy atom. The van der Waals surface area contributed by atoms with Gasteiger partial charge in [-0.15, -0.1) is 0 Å². The molecule has 1 aliphatic heterocycles. The number of rotatable bonds is 3. The van der Waals surface area contributed by atoms with Gasteiger partial charge in [-0.05, 0) is 57.1 Å². The van der Waals surface area contributed by atoms with Crippen LogP contribution in [0.15, 0.2) is 4.79 Å². The van der Waals surface area contributed by atoms with Crippen LogP contribution in [0.2, 0.25) is 0 Å². The molecule has 0 bridgehead atoms. The highest BCUT2D eigenvalue weighted by Gasteiger charge is 2.19. The maximum absolute atomic E-state index is 11.5. The summed E-state index contributed by atoms with van der Waals surface area (Å²) < 4.78 is 0. The second kappa shape index (κ2) is 4.61. The lowest BCUT2D eigenvalue weighted by Crippen LogP contribution is -2.23. The Morgan fingerprint density at radius 2 is 2.24 bits per heavy atom. The lowest BCUT2D eigenvalue weighted by Gasteiger charge is -2.11. The Labute approximate surface area is 101 Å². The molecule has 0 radical (unpaired) electrons. The standard InChI is InChI=1S/C13H19N3O/c17-13-15-11-5-1-4-10(11)12(16-13)7-6-9-3-2-8-14-9/h9,14H,1-8H2,(H,15,16,17). The second-order valence-corrected chi connectivity index (χ2v) is 5.13. The van der Waals surface area contributed by atoms with E-state index in [1.807, 2.05) is 0 Å². The zero-order chi connectivity index (χ0) is 11.7. The number of aromatic amines is 1. The Balaban J connectivity index is 1.75. The number of hydrogen-bond donors (Lipinski definition) is 2. The van der Waals surface area contributed by atoms with Crippen LogP contribution in [0, 0.1) is 0 Å². The summed E-state index contributed by atoms with van der Waals surface area (Å²) >= 11 is 0. The largest absolute Gasteiger partial charge is 0.345 e. The van der Waals surface area contributed by atoms with Gasteiger partial charge in [-0.3, -0.25) is 0 Å². The van der Waals surface area contributed by atoms with Crippen molar-refractivity contribution in [3.8, 4) is 0 Å². The summed E-state index contributed by atoms with van der Waals surface area (Å²) in [7, 11) is 0. The molecule has 1 aromatic rings. The molecule has 3 rings (SSSR count). The van der Waals surface area contributed by atoms with Crippen LogP contribution in [0.1, 0.15) is 42.6 Å². The summed E-state index contributed by atoms with van der Waals surface area (Å²) in [6.07, 6.45) is 7.88. The van der Waals surface area contributed by atoms with Crippen molar-refractivity contribution in [1.29, 1.82) is 0 Å². The normalized spacial score (nSPS) is 22.9. The van der Waals surface area contributed by atoms with Crippen molar-refractivity contribution in [2.75, 3.05) is 6.54 Å². The summed E-state index contributed by atoms with van der Waals surface area (Å²) in [5.74, 6) is 0. The molecule has 1 aromatic heterocycles. The van der Waals surface area contributed by atoms with Crippen molar-refractivity contribution in [2.24, 2.45) is 0 Å². The molecule has 2 heterocycles. The van der Waals surface area contributed by atoms with Crippen LogP contribution in [0.25, 0.3) is 0 Å². The van der Waals surface area contributed by atoms with E-state index in [2.05, 4.69) is 15.3 Å². The van der Waals surface area contributed by atoms with E-state index >= 15 is 0 Å². The first-order chi connectivity index (χ1) is 8.33. The van der Waals surface area contributed by atoms with Gasteiger partial charge in [-0.2, -0.15) is 4.98 Å². The molecule has 0 amide bonds. The summed E-state index contributed by atoms with van der Waals surface area (Å²) in [5, 5.41) is 3.50. The van der Waals surface area contributed by atoms with E-state index in [9.17, 15) is 4.79 Å². The van der Waals surface area contributed by atoms with Crippen LogP contribution in [-0.2, 0) is 19.3 Å². The molecule has 2 N–H and O–H groups in total. The van der Waals surface area contributed by atoms with Crippen LogP contribution in [0.4, 0.5) is 0 Å². The smallest absolute Gasteiger partial charge is 0.314 e. The number of H-pyrrole nitrogens is 1. The Hall–Kier alpha value is -1.16. The molecule has 1 saturated heterocycles. The van der Waals surface area contributed by atoms with Crippen molar-refractivity contribution < 1.29 is 0 Å². The van der Waals surface area contributed by atoms with Gasteiger partial charge in [0, 0.05) is 11.7 Å². The van der Waals surface area contributed by atoms with Gasteiger partial charge in [0.15, 0.2) is 0 Å². The fraction of sp³-hybridized carbons (Fsp3) is 0.692. The first kappa shape index (κ1) is 11.0. The van der Waals surface area contributed by atoms with E-state index in [1.165, 1.54) is 18.4 Å². The second-order valence-electron chi connectivity index (χ2n) is 5.13. The predicted molar refractivity (Wildman–Crippen MR) is 66.2 cm³/mol. The number of nitrogens with zero attached hydrogens (tertiary/aromatic N) is 1. The number of aromatic nitrogens is 2. The molecule has 1 atom stereocenters. The average molecular weight is 233 g/mol. The fourth-order valence-corrected chi connectivity index (χ4v) is 3.07. The molecule has 2 aliphatic rings. The molecule has 0 saturated carbocycles. The third kappa shape index (κ3) is 2.27. The van der Waals surface area contributed by atoms with Crippen LogP contribution in [0.3, 0.4) is 0 Å². The summed E-state index contributed by atoms with van der Waals surface area (Å²) in [4.78, 5) is 18.5. The van der Waals surface area contributed by atoms with Gasteiger partial charge in [-0.1, -0.05) is 0 Å². The van der Waals surface area contributed by atoms with Crippen molar-refractivity contribution in [3.63, 3.8) is 0 Å². The van der Waals surface area contributed by atoms with E-state index in [4.69, 9.17) is 0 Å². The quantitative estimate of drug-likeness (QED) is 0.817. The molecule has 17 heavy (non-hydrogen) atoms. The van der Waals surface area contributed by atoms with Crippen LogP contribution in [0.5, 0.6) is 0 Å². The van der Waals surface area contributed by atoms with Gasteiger partial charge < -0.3 is 10.3 Å².